The summed E-state index contributed by atoms with van der Waals surface area (Å²) < 4.78 is 0. The van der Waals surface area contributed by atoms with Crippen molar-refractivity contribution in [3.05, 3.63) is 34.4 Å². The summed E-state index contributed by atoms with van der Waals surface area (Å²) in [5.74, 6) is 0. The van der Waals surface area contributed by atoms with Gasteiger partial charge in [-0.2, -0.15) is 0 Å². The Kier molecular flexibility index (Phi) is 2.78. The predicted octanol–water partition coefficient (Wildman–Crippen LogP) is 2.53. The number of hydrogen-bond donors (Lipinski definition) is 1. The van der Waals surface area contributed by atoms with E-state index in [9.17, 15) is 10.1 Å². The SMILES string of the molecule is O=[N+]([O-])c1cccc(SS)c1. The number of nitro benzene ring substituents is 1. The van der Waals surface area contributed by atoms with Crippen molar-refractivity contribution in [2.75, 3.05) is 0 Å². The Balaban J connectivity index is 3.01. The highest BCUT2D eigenvalue weighted by Gasteiger charge is 2.03. The summed E-state index contributed by atoms with van der Waals surface area (Å²) in [6, 6.07) is 6.34. The first kappa shape index (κ1) is 8.42. The summed E-state index contributed by atoms with van der Waals surface area (Å²) in [5, 5.41) is 10.2. The molecule has 0 atom stereocenters. The molecule has 0 saturated carbocycles. The summed E-state index contributed by atoms with van der Waals surface area (Å²) >= 11 is 3.92. The largest absolute Gasteiger partial charge is 0.270 e. The molecule has 0 bridgehead atoms. The molecule has 1 rings (SSSR count). The normalized spacial score (nSPS) is 9.55. The molecule has 0 aromatic heterocycles. The lowest BCUT2D eigenvalue weighted by atomic mass is 10.3. The smallest absolute Gasteiger partial charge is 0.258 e. The van der Waals surface area contributed by atoms with Crippen LogP contribution < -0.4 is 0 Å². The Labute approximate surface area is 72.8 Å². The molecular weight excluding hydrogens is 182 g/mol. The lowest BCUT2D eigenvalue weighted by Crippen LogP contribution is -1.86. The summed E-state index contributed by atoms with van der Waals surface area (Å²) in [5.41, 5.74) is 0.101. The number of nitrogens with zero attached hydrogens (tertiary/aromatic N) is 1. The molecule has 11 heavy (non-hydrogen) atoms. The van der Waals surface area contributed by atoms with Gasteiger partial charge in [0.05, 0.1) is 4.92 Å². The molecule has 58 valence electrons. The first-order chi connectivity index (χ1) is 5.24. The molecule has 0 saturated heterocycles. The van der Waals surface area contributed by atoms with Gasteiger partial charge in [-0.05, 0) is 6.07 Å². The third kappa shape index (κ3) is 2.13. The van der Waals surface area contributed by atoms with Crippen molar-refractivity contribution in [3.8, 4) is 0 Å². The molecule has 0 N–H and O–H groups in total. The van der Waals surface area contributed by atoms with Crippen LogP contribution in [0.5, 0.6) is 0 Å². The molecule has 0 radical (unpaired) electrons. The van der Waals surface area contributed by atoms with E-state index in [2.05, 4.69) is 11.7 Å². The van der Waals surface area contributed by atoms with Gasteiger partial charge in [0.2, 0.25) is 0 Å². The number of nitro groups is 1. The fourth-order valence-electron chi connectivity index (χ4n) is 0.654. The van der Waals surface area contributed by atoms with E-state index in [1.165, 1.54) is 22.9 Å². The average Bonchev–Trinajstić information content (AvgIpc) is 2.05. The van der Waals surface area contributed by atoms with E-state index in [1.807, 2.05) is 0 Å². The Morgan fingerprint density at radius 2 is 2.27 bits per heavy atom. The van der Waals surface area contributed by atoms with Gasteiger partial charge < -0.3 is 0 Å². The van der Waals surface area contributed by atoms with Crippen LogP contribution in [0.25, 0.3) is 0 Å². The molecule has 0 spiro atoms. The second-order valence-electron chi connectivity index (χ2n) is 1.85. The van der Waals surface area contributed by atoms with Gasteiger partial charge in [-0.3, -0.25) is 10.1 Å². The van der Waals surface area contributed by atoms with Gasteiger partial charge in [0, 0.05) is 17.0 Å². The van der Waals surface area contributed by atoms with Crippen LogP contribution in [0.2, 0.25) is 0 Å². The molecule has 0 heterocycles. The minimum atomic E-state index is -0.423. The Bertz CT molecular complexity index is 277. The standard InChI is InChI=1S/C6H5NO2S2/c8-7(9)5-2-1-3-6(4-5)11-10/h1-4,10H. The zero-order chi connectivity index (χ0) is 8.27. The molecule has 0 unspecified atom stereocenters. The van der Waals surface area contributed by atoms with Gasteiger partial charge in [0.25, 0.3) is 5.69 Å². The van der Waals surface area contributed by atoms with Crippen molar-refractivity contribution in [2.24, 2.45) is 0 Å². The first-order valence-electron chi connectivity index (χ1n) is 2.80. The number of hydrogen-bond acceptors (Lipinski definition) is 4. The molecule has 1 aromatic rings. The Morgan fingerprint density at radius 1 is 1.55 bits per heavy atom. The number of non-ortho nitro benzene ring substituents is 1. The highest BCUT2D eigenvalue weighted by Crippen LogP contribution is 2.24. The fraction of sp³-hybridized carbons (Fsp3) is 0. The van der Waals surface area contributed by atoms with Gasteiger partial charge >= 0.3 is 0 Å². The van der Waals surface area contributed by atoms with Gasteiger partial charge in [-0.15, -0.1) is 11.7 Å². The van der Waals surface area contributed by atoms with Gasteiger partial charge in [0.15, 0.2) is 0 Å². The van der Waals surface area contributed by atoms with Crippen molar-refractivity contribution in [1.82, 2.24) is 0 Å². The van der Waals surface area contributed by atoms with E-state index in [4.69, 9.17) is 0 Å². The van der Waals surface area contributed by atoms with Crippen LogP contribution in [0, 0.1) is 10.1 Å². The van der Waals surface area contributed by atoms with Crippen molar-refractivity contribution < 1.29 is 4.92 Å². The maximum Gasteiger partial charge on any atom is 0.270 e. The predicted molar refractivity (Wildman–Crippen MR) is 47.9 cm³/mol. The lowest BCUT2D eigenvalue weighted by molar-refractivity contribution is -0.385. The van der Waals surface area contributed by atoms with Crippen LogP contribution in [0.15, 0.2) is 29.2 Å². The van der Waals surface area contributed by atoms with E-state index in [-0.39, 0.29) is 5.69 Å². The molecule has 0 amide bonds. The molecule has 0 aliphatic heterocycles. The quantitative estimate of drug-likeness (QED) is 0.335. The van der Waals surface area contributed by atoms with E-state index in [0.29, 0.717) is 0 Å². The Morgan fingerprint density at radius 3 is 2.82 bits per heavy atom. The number of thiol groups is 1. The van der Waals surface area contributed by atoms with Crippen LogP contribution >= 0.6 is 22.5 Å². The zero-order valence-electron chi connectivity index (χ0n) is 5.43. The zero-order valence-corrected chi connectivity index (χ0v) is 7.14. The van der Waals surface area contributed by atoms with Crippen LogP contribution in [-0.2, 0) is 0 Å². The first-order valence-corrected chi connectivity index (χ1v) is 4.67. The van der Waals surface area contributed by atoms with Gasteiger partial charge in [0.1, 0.15) is 0 Å². The molecule has 5 heteroatoms. The van der Waals surface area contributed by atoms with Crippen LogP contribution in [0.1, 0.15) is 0 Å². The monoisotopic (exact) mass is 187 g/mol. The van der Waals surface area contributed by atoms with E-state index >= 15 is 0 Å². The summed E-state index contributed by atoms with van der Waals surface area (Å²) in [6.45, 7) is 0. The molecule has 0 fully saturated rings. The van der Waals surface area contributed by atoms with E-state index < -0.39 is 4.92 Å². The number of rotatable bonds is 2. The second-order valence-corrected chi connectivity index (χ2v) is 3.05. The third-order valence-corrected chi connectivity index (χ3v) is 2.23. The topological polar surface area (TPSA) is 43.1 Å². The lowest BCUT2D eigenvalue weighted by Gasteiger charge is -1.93. The Hall–Kier alpha value is -0.680. The molecule has 1 aromatic carbocycles. The molecule has 0 aliphatic rings. The maximum atomic E-state index is 10.2. The van der Waals surface area contributed by atoms with Gasteiger partial charge in [-0.25, -0.2) is 0 Å². The highest BCUT2D eigenvalue weighted by atomic mass is 33.1. The third-order valence-electron chi connectivity index (χ3n) is 1.13. The van der Waals surface area contributed by atoms with Crippen molar-refractivity contribution in [2.45, 2.75) is 4.90 Å². The van der Waals surface area contributed by atoms with E-state index in [0.717, 1.165) is 4.90 Å². The average molecular weight is 187 g/mol. The summed E-state index contributed by atoms with van der Waals surface area (Å²) in [6.07, 6.45) is 0. The van der Waals surface area contributed by atoms with Crippen LogP contribution in [-0.4, -0.2) is 4.92 Å². The van der Waals surface area contributed by atoms with Gasteiger partial charge in [-0.1, -0.05) is 16.9 Å². The maximum absolute atomic E-state index is 10.2. The van der Waals surface area contributed by atoms with Crippen LogP contribution in [0.3, 0.4) is 0 Å². The summed E-state index contributed by atoms with van der Waals surface area (Å²) in [7, 11) is 1.19. The molecule has 3 nitrogen and oxygen atoms in total. The highest BCUT2D eigenvalue weighted by molar-refractivity contribution is 8.68. The van der Waals surface area contributed by atoms with Crippen molar-refractivity contribution in [1.29, 1.82) is 0 Å². The second kappa shape index (κ2) is 3.64. The van der Waals surface area contributed by atoms with Crippen molar-refractivity contribution >= 4 is 28.1 Å². The molecular formula is C6H5NO2S2. The van der Waals surface area contributed by atoms with Crippen molar-refractivity contribution in [3.63, 3.8) is 0 Å². The minimum absolute atomic E-state index is 0.101. The fourth-order valence-corrected chi connectivity index (χ4v) is 1.31. The summed E-state index contributed by atoms with van der Waals surface area (Å²) in [4.78, 5) is 10.6. The van der Waals surface area contributed by atoms with E-state index in [1.54, 1.807) is 12.1 Å². The molecule has 0 aliphatic carbocycles. The minimum Gasteiger partial charge on any atom is -0.258 e. The van der Waals surface area contributed by atoms with Crippen LogP contribution in [0.4, 0.5) is 5.69 Å². The number of benzene rings is 1.